The van der Waals surface area contributed by atoms with Gasteiger partial charge in [0, 0.05) is 6.42 Å². The maximum absolute atomic E-state index is 8.68. The van der Waals surface area contributed by atoms with Crippen LogP contribution in [0.2, 0.25) is 0 Å². The molecule has 0 aromatic rings. The van der Waals surface area contributed by atoms with Crippen LogP contribution in [-0.2, 0) is 0 Å². The van der Waals surface area contributed by atoms with Crippen molar-refractivity contribution in [3.05, 3.63) is 23.8 Å². The zero-order valence-electron chi connectivity index (χ0n) is 7.67. The molecule has 66 valence electrons. The summed E-state index contributed by atoms with van der Waals surface area (Å²) in [6.45, 7) is 7.90. The van der Waals surface area contributed by atoms with Crippen LogP contribution < -0.4 is 0 Å². The molecular formula is C10H15NO. The first-order valence-electron chi connectivity index (χ1n) is 4.18. The van der Waals surface area contributed by atoms with Gasteiger partial charge in [-0.25, -0.2) is 0 Å². The van der Waals surface area contributed by atoms with E-state index in [0.717, 1.165) is 24.1 Å². The monoisotopic (exact) mass is 165 g/mol. The fraction of sp³-hybridized carbons (Fsp3) is 0.500. The van der Waals surface area contributed by atoms with Crippen LogP contribution in [0.4, 0.5) is 0 Å². The van der Waals surface area contributed by atoms with Gasteiger partial charge in [0.1, 0.15) is 0 Å². The van der Waals surface area contributed by atoms with E-state index in [1.807, 2.05) is 13.8 Å². The highest BCUT2D eigenvalue weighted by Gasteiger charge is 2.18. The minimum absolute atomic E-state index is 0.458. The van der Waals surface area contributed by atoms with Gasteiger partial charge in [0.15, 0.2) is 0 Å². The van der Waals surface area contributed by atoms with Gasteiger partial charge in [-0.1, -0.05) is 23.4 Å². The van der Waals surface area contributed by atoms with Crippen molar-refractivity contribution >= 4 is 5.71 Å². The van der Waals surface area contributed by atoms with E-state index >= 15 is 0 Å². The molecule has 0 saturated heterocycles. The van der Waals surface area contributed by atoms with E-state index in [0.29, 0.717) is 5.92 Å². The Bertz CT molecular complexity index is 251. The molecule has 1 aliphatic rings. The number of rotatable bonds is 1. The van der Waals surface area contributed by atoms with Crippen molar-refractivity contribution in [3.63, 3.8) is 0 Å². The molecule has 0 aliphatic heterocycles. The van der Waals surface area contributed by atoms with Crippen LogP contribution in [0.15, 0.2) is 29.0 Å². The maximum Gasteiger partial charge on any atom is 0.0827 e. The molecule has 0 spiro atoms. The van der Waals surface area contributed by atoms with Gasteiger partial charge in [0.2, 0.25) is 0 Å². The summed E-state index contributed by atoms with van der Waals surface area (Å²) in [5.74, 6) is 0.458. The Kier molecular flexibility index (Phi) is 2.69. The Balaban J connectivity index is 2.78. The smallest absolute Gasteiger partial charge is 0.0827 e. The fourth-order valence-corrected chi connectivity index (χ4v) is 1.41. The molecule has 0 aromatic carbocycles. The normalized spacial score (nSPS) is 27.0. The molecular weight excluding hydrogens is 150 g/mol. The minimum Gasteiger partial charge on any atom is -0.411 e. The first kappa shape index (κ1) is 9.04. The topological polar surface area (TPSA) is 32.6 Å². The second kappa shape index (κ2) is 3.57. The molecule has 1 rings (SSSR count). The molecule has 0 amide bonds. The molecule has 0 saturated carbocycles. The van der Waals surface area contributed by atoms with Crippen LogP contribution in [-0.4, -0.2) is 10.9 Å². The summed E-state index contributed by atoms with van der Waals surface area (Å²) in [6, 6.07) is 0. The highest BCUT2D eigenvalue weighted by Crippen LogP contribution is 2.26. The van der Waals surface area contributed by atoms with Crippen LogP contribution >= 0.6 is 0 Å². The highest BCUT2D eigenvalue weighted by molar-refractivity contribution is 6.00. The van der Waals surface area contributed by atoms with Crippen molar-refractivity contribution in [3.8, 4) is 0 Å². The Morgan fingerprint density at radius 1 is 1.75 bits per heavy atom. The summed E-state index contributed by atoms with van der Waals surface area (Å²) in [5.41, 5.74) is 3.06. The number of hydrogen-bond acceptors (Lipinski definition) is 2. The molecule has 1 N–H and O–H groups in total. The zero-order valence-corrected chi connectivity index (χ0v) is 7.67. The van der Waals surface area contributed by atoms with Gasteiger partial charge in [-0.3, -0.25) is 0 Å². The quantitative estimate of drug-likeness (QED) is 0.361. The second-order valence-electron chi connectivity index (χ2n) is 3.42. The number of hydrogen-bond donors (Lipinski definition) is 1. The molecule has 0 heterocycles. The third kappa shape index (κ3) is 1.76. The zero-order chi connectivity index (χ0) is 9.14. The van der Waals surface area contributed by atoms with E-state index in [4.69, 9.17) is 5.21 Å². The lowest BCUT2D eigenvalue weighted by atomic mass is 9.85. The first-order chi connectivity index (χ1) is 5.65. The Hall–Kier alpha value is -1.05. The van der Waals surface area contributed by atoms with Gasteiger partial charge in [-0.05, 0) is 31.8 Å². The third-order valence-electron chi connectivity index (χ3n) is 2.42. The SMILES string of the molecule is C=C(C)[C@@H]1CC=C(C)/C(=N\O)C1. The minimum atomic E-state index is 0.458. The molecule has 0 fully saturated rings. The largest absolute Gasteiger partial charge is 0.411 e. The molecule has 0 bridgehead atoms. The molecule has 12 heavy (non-hydrogen) atoms. The van der Waals surface area contributed by atoms with Crippen molar-refractivity contribution in [2.24, 2.45) is 11.1 Å². The summed E-state index contributed by atoms with van der Waals surface area (Å²) in [6.07, 6.45) is 3.96. The van der Waals surface area contributed by atoms with Gasteiger partial charge in [-0.15, -0.1) is 0 Å². The van der Waals surface area contributed by atoms with Gasteiger partial charge >= 0.3 is 0 Å². The van der Waals surface area contributed by atoms with Crippen molar-refractivity contribution in [1.29, 1.82) is 0 Å². The lowest BCUT2D eigenvalue weighted by Crippen LogP contribution is -2.15. The number of oxime groups is 1. The van der Waals surface area contributed by atoms with E-state index < -0.39 is 0 Å². The first-order valence-corrected chi connectivity index (χ1v) is 4.18. The molecule has 1 atom stereocenters. The lowest BCUT2D eigenvalue weighted by Gasteiger charge is -2.21. The standard InChI is InChI=1S/C10H15NO/c1-7(2)9-5-4-8(3)10(6-9)11-12/h4,9,12H,1,5-6H2,2-3H3/b11-10-/t9-/m1/s1. The third-order valence-corrected chi connectivity index (χ3v) is 2.42. The molecule has 0 aromatic heterocycles. The lowest BCUT2D eigenvalue weighted by molar-refractivity contribution is 0.316. The maximum atomic E-state index is 8.68. The Labute approximate surface area is 73.3 Å². The van der Waals surface area contributed by atoms with E-state index in [9.17, 15) is 0 Å². The molecule has 1 aliphatic carbocycles. The number of nitrogens with zero attached hydrogens (tertiary/aromatic N) is 1. The average Bonchev–Trinajstić information content (AvgIpc) is 2.05. The van der Waals surface area contributed by atoms with Gasteiger partial charge < -0.3 is 5.21 Å². The molecule has 2 nitrogen and oxygen atoms in total. The van der Waals surface area contributed by atoms with E-state index in [1.54, 1.807) is 0 Å². The molecule has 0 unspecified atom stereocenters. The molecule has 0 radical (unpaired) electrons. The van der Waals surface area contributed by atoms with Crippen LogP contribution in [0, 0.1) is 5.92 Å². The fourth-order valence-electron chi connectivity index (χ4n) is 1.41. The summed E-state index contributed by atoms with van der Waals surface area (Å²) in [5, 5.41) is 11.9. The molecule has 2 heteroatoms. The van der Waals surface area contributed by atoms with Crippen LogP contribution in [0.3, 0.4) is 0 Å². The Morgan fingerprint density at radius 2 is 2.42 bits per heavy atom. The summed E-state index contributed by atoms with van der Waals surface area (Å²) < 4.78 is 0. The van der Waals surface area contributed by atoms with E-state index in [-0.39, 0.29) is 0 Å². The second-order valence-corrected chi connectivity index (χ2v) is 3.42. The van der Waals surface area contributed by atoms with E-state index in [2.05, 4.69) is 17.8 Å². The van der Waals surface area contributed by atoms with Crippen molar-refractivity contribution in [2.75, 3.05) is 0 Å². The van der Waals surface area contributed by atoms with Crippen molar-refractivity contribution in [1.82, 2.24) is 0 Å². The van der Waals surface area contributed by atoms with Crippen LogP contribution in [0.1, 0.15) is 26.7 Å². The summed E-state index contributed by atoms with van der Waals surface area (Å²) in [7, 11) is 0. The predicted molar refractivity (Wildman–Crippen MR) is 50.5 cm³/mol. The number of allylic oxidation sites excluding steroid dienone is 3. The summed E-state index contributed by atoms with van der Waals surface area (Å²) >= 11 is 0. The highest BCUT2D eigenvalue weighted by atomic mass is 16.4. The van der Waals surface area contributed by atoms with Crippen molar-refractivity contribution < 1.29 is 5.21 Å². The average molecular weight is 165 g/mol. The van der Waals surface area contributed by atoms with Crippen LogP contribution in [0.25, 0.3) is 0 Å². The van der Waals surface area contributed by atoms with Crippen molar-refractivity contribution in [2.45, 2.75) is 26.7 Å². The predicted octanol–water partition coefficient (Wildman–Crippen LogP) is 2.75. The van der Waals surface area contributed by atoms with Gasteiger partial charge in [0.25, 0.3) is 0 Å². The van der Waals surface area contributed by atoms with Gasteiger partial charge in [-0.2, -0.15) is 0 Å². The van der Waals surface area contributed by atoms with E-state index in [1.165, 1.54) is 5.57 Å². The van der Waals surface area contributed by atoms with Crippen LogP contribution in [0.5, 0.6) is 0 Å². The van der Waals surface area contributed by atoms with Gasteiger partial charge in [0.05, 0.1) is 5.71 Å². The Morgan fingerprint density at radius 3 is 2.92 bits per heavy atom. The summed E-state index contributed by atoms with van der Waals surface area (Å²) in [4.78, 5) is 0.